The van der Waals surface area contributed by atoms with Crippen molar-refractivity contribution in [2.45, 2.75) is 6.42 Å². The average molecular weight is 163 g/mol. The summed E-state index contributed by atoms with van der Waals surface area (Å²) < 4.78 is 4.86. The van der Waals surface area contributed by atoms with Crippen LogP contribution >= 0.6 is 0 Å². The lowest BCUT2D eigenvalue weighted by atomic mass is 10.3. The fraction of sp³-hybridized carbons (Fsp3) is 0.375. The highest BCUT2D eigenvalue weighted by atomic mass is 16.5. The van der Waals surface area contributed by atoms with E-state index in [4.69, 9.17) is 10.00 Å². The predicted octanol–water partition coefficient (Wildman–Crippen LogP) is 0.537. The van der Waals surface area contributed by atoms with Crippen LogP contribution < -0.4 is 0 Å². The molecule has 0 N–H and O–H groups in total. The topological polar surface area (TPSA) is 58.8 Å². The summed E-state index contributed by atoms with van der Waals surface area (Å²) >= 11 is 0. The van der Waals surface area contributed by atoms with Gasteiger partial charge >= 0.3 is 0 Å². The Kier molecular flexibility index (Phi) is 3.17. The molecule has 0 aliphatic heterocycles. The van der Waals surface area contributed by atoms with Gasteiger partial charge in [-0.15, -0.1) is 0 Å². The van der Waals surface area contributed by atoms with E-state index in [2.05, 4.69) is 9.97 Å². The maximum atomic E-state index is 8.45. The van der Waals surface area contributed by atoms with E-state index in [1.807, 2.05) is 6.07 Å². The van der Waals surface area contributed by atoms with Crippen molar-refractivity contribution in [3.8, 4) is 6.07 Å². The molecular weight excluding hydrogens is 154 g/mol. The number of methoxy groups -OCH3 is 1. The van der Waals surface area contributed by atoms with Crippen LogP contribution in [-0.2, 0) is 11.2 Å². The number of nitrogens with zero attached hydrogens (tertiary/aromatic N) is 3. The summed E-state index contributed by atoms with van der Waals surface area (Å²) in [6, 6.07) is 1.95. The first-order chi connectivity index (χ1) is 5.86. The van der Waals surface area contributed by atoms with E-state index in [9.17, 15) is 0 Å². The highest BCUT2D eigenvalue weighted by molar-refractivity contribution is 5.21. The molecule has 0 atom stereocenters. The van der Waals surface area contributed by atoms with Gasteiger partial charge in [0.1, 0.15) is 11.9 Å². The van der Waals surface area contributed by atoms with E-state index < -0.39 is 0 Å². The molecule has 0 fully saturated rings. The third-order valence-corrected chi connectivity index (χ3v) is 1.36. The highest BCUT2D eigenvalue weighted by Gasteiger charge is 1.95. The van der Waals surface area contributed by atoms with E-state index in [0.717, 1.165) is 0 Å². The van der Waals surface area contributed by atoms with E-state index in [0.29, 0.717) is 24.4 Å². The van der Waals surface area contributed by atoms with Crippen LogP contribution in [0, 0.1) is 11.3 Å². The van der Waals surface area contributed by atoms with Gasteiger partial charge in [-0.3, -0.25) is 0 Å². The molecule has 0 aliphatic rings. The van der Waals surface area contributed by atoms with Crippen molar-refractivity contribution in [1.82, 2.24) is 9.97 Å². The molecule has 62 valence electrons. The molecule has 0 saturated carbocycles. The van der Waals surface area contributed by atoms with Gasteiger partial charge in [0.15, 0.2) is 0 Å². The van der Waals surface area contributed by atoms with Crippen LogP contribution in [0.3, 0.4) is 0 Å². The summed E-state index contributed by atoms with van der Waals surface area (Å²) in [5, 5.41) is 8.45. The first kappa shape index (κ1) is 8.62. The normalized spacial score (nSPS) is 9.33. The molecule has 0 saturated heterocycles. The van der Waals surface area contributed by atoms with Gasteiger partial charge in [0, 0.05) is 25.9 Å². The van der Waals surface area contributed by atoms with Gasteiger partial charge in [-0.25, -0.2) is 9.97 Å². The molecule has 0 spiro atoms. The van der Waals surface area contributed by atoms with Crippen LogP contribution in [0.1, 0.15) is 11.4 Å². The van der Waals surface area contributed by atoms with Gasteiger partial charge in [0.2, 0.25) is 0 Å². The molecule has 1 heterocycles. The quantitative estimate of drug-likeness (QED) is 0.652. The van der Waals surface area contributed by atoms with E-state index >= 15 is 0 Å². The number of nitriles is 1. The lowest BCUT2D eigenvalue weighted by molar-refractivity contribution is 0.200. The zero-order chi connectivity index (χ0) is 8.81. The monoisotopic (exact) mass is 163 g/mol. The van der Waals surface area contributed by atoms with Gasteiger partial charge in [0.05, 0.1) is 12.2 Å². The number of rotatable bonds is 3. The Bertz CT molecular complexity index is 275. The van der Waals surface area contributed by atoms with Gasteiger partial charge in [0.25, 0.3) is 0 Å². The minimum Gasteiger partial charge on any atom is -0.384 e. The minimum atomic E-state index is 0.483. The van der Waals surface area contributed by atoms with E-state index in [-0.39, 0.29) is 0 Å². The first-order valence-electron chi connectivity index (χ1n) is 3.57. The molecule has 0 radical (unpaired) electrons. The highest BCUT2D eigenvalue weighted by Crippen LogP contribution is 1.94. The number of hydrogen-bond acceptors (Lipinski definition) is 4. The molecule has 0 amide bonds. The Morgan fingerprint density at radius 3 is 2.67 bits per heavy atom. The van der Waals surface area contributed by atoms with Gasteiger partial charge in [-0.1, -0.05) is 0 Å². The smallest absolute Gasteiger partial charge is 0.130 e. The second-order valence-electron chi connectivity index (χ2n) is 2.24. The van der Waals surface area contributed by atoms with Crippen molar-refractivity contribution in [3.05, 3.63) is 23.8 Å². The molecule has 4 heteroatoms. The molecule has 0 unspecified atom stereocenters. The predicted molar refractivity (Wildman–Crippen MR) is 42.3 cm³/mol. The fourth-order valence-corrected chi connectivity index (χ4v) is 0.735. The van der Waals surface area contributed by atoms with Gasteiger partial charge in [-0.05, 0) is 0 Å². The SMILES string of the molecule is COCCc1ncc(C#N)cn1. The minimum absolute atomic E-state index is 0.483. The Morgan fingerprint density at radius 2 is 2.17 bits per heavy atom. The van der Waals surface area contributed by atoms with Crippen molar-refractivity contribution in [2.75, 3.05) is 13.7 Å². The lowest BCUT2D eigenvalue weighted by Gasteiger charge is -1.96. The first-order valence-corrected chi connectivity index (χ1v) is 3.57. The van der Waals surface area contributed by atoms with E-state index in [1.54, 1.807) is 7.11 Å². The molecule has 1 aromatic rings. The van der Waals surface area contributed by atoms with Crippen molar-refractivity contribution < 1.29 is 4.74 Å². The number of ether oxygens (including phenoxy) is 1. The van der Waals surface area contributed by atoms with Crippen molar-refractivity contribution in [1.29, 1.82) is 5.26 Å². The third-order valence-electron chi connectivity index (χ3n) is 1.36. The molecule has 1 rings (SSSR count). The maximum Gasteiger partial charge on any atom is 0.130 e. The van der Waals surface area contributed by atoms with Crippen LogP contribution in [0.25, 0.3) is 0 Å². The second kappa shape index (κ2) is 4.42. The molecular formula is C8H9N3O. The van der Waals surface area contributed by atoms with Crippen LogP contribution in [0.4, 0.5) is 0 Å². The van der Waals surface area contributed by atoms with Gasteiger partial charge in [-0.2, -0.15) is 5.26 Å². The lowest BCUT2D eigenvalue weighted by Crippen LogP contribution is -2.00. The van der Waals surface area contributed by atoms with E-state index in [1.165, 1.54) is 12.4 Å². The summed E-state index contributed by atoms with van der Waals surface area (Å²) in [6.07, 6.45) is 3.71. The Hall–Kier alpha value is -1.47. The molecule has 1 aromatic heterocycles. The van der Waals surface area contributed by atoms with Crippen molar-refractivity contribution in [3.63, 3.8) is 0 Å². The Morgan fingerprint density at radius 1 is 1.50 bits per heavy atom. The fourth-order valence-electron chi connectivity index (χ4n) is 0.735. The second-order valence-corrected chi connectivity index (χ2v) is 2.24. The van der Waals surface area contributed by atoms with Gasteiger partial charge < -0.3 is 4.74 Å². The standard InChI is InChI=1S/C8H9N3O/c1-12-3-2-8-10-5-7(4-9)6-11-8/h5-6H,2-3H2,1H3. The largest absolute Gasteiger partial charge is 0.384 e. The van der Waals surface area contributed by atoms with Crippen LogP contribution in [-0.4, -0.2) is 23.7 Å². The molecule has 4 nitrogen and oxygen atoms in total. The maximum absolute atomic E-state index is 8.45. The summed E-state index contributed by atoms with van der Waals surface area (Å²) in [7, 11) is 1.63. The third kappa shape index (κ3) is 2.29. The van der Waals surface area contributed by atoms with Crippen molar-refractivity contribution >= 4 is 0 Å². The summed E-state index contributed by atoms with van der Waals surface area (Å²) in [6.45, 7) is 0.603. The summed E-state index contributed by atoms with van der Waals surface area (Å²) in [5.74, 6) is 0.704. The molecule has 0 aromatic carbocycles. The Balaban J connectivity index is 2.60. The van der Waals surface area contributed by atoms with Crippen LogP contribution in [0.5, 0.6) is 0 Å². The number of hydrogen-bond donors (Lipinski definition) is 0. The van der Waals surface area contributed by atoms with Crippen LogP contribution in [0.15, 0.2) is 12.4 Å². The average Bonchev–Trinajstić information content (AvgIpc) is 2.15. The molecule has 12 heavy (non-hydrogen) atoms. The zero-order valence-electron chi connectivity index (χ0n) is 6.82. The Labute approximate surface area is 70.8 Å². The number of aromatic nitrogens is 2. The van der Waals surface area contributed by atoms with Crippen LogP contribution in [0.2, 0.25) is 0 Å². The van der Waals surface area contributed by atoms with Crippen molar-refractivity contribution in [2.24, 2.45) is 0 Å². The molecule has 0 aliphatic carbocycles. The summed E-state index contributed by atoms with van der Waals surface area (Å²) in [4.78, 5) is 7.95. The zero-order valence-corrected chi connectivity index (χ0v) is 6.82. The summed E-state index contributed by atoms with van der Waals surface area (Å²) in [5.41, 5.74) is 0.483. The molecule has 0 bridgehead atoms.